The van der Waals surface area contributed by atoms with Crippen molar-refractivity contribution in [1.29, 1.82) is 0 Å². The minimum atomic E-state index is 0.0227. The second-order valence-electron chi connectivity index (χ2n) is 5.83. The number of nitrogens with one attached hydrogen (secondary N) is 1. The summed E-state index contributed by atoms with van der Waals surface area (Å²) < 4.78 is 5.02. The van der Waals surface area contributed by atoms with Crippen LogP contribution in [-0.4, -0.2) is 64.8 Å². The van der Waals surface area contributed by atoms with Gasteiger partial charge >= 0.3 is 0 Å². The van der Waals surface area contributed by atoms with Crippen molar-refractivity contribution < 1.29 is 9.53 Å². The molecular weight excluding hydrogens is 374 g/mol. The number of amides is 1. The Morgan fingerprint density at radius 2 is 2.14 bits per heavy atom. The number of pyridine rings is 1. The molecule has 1 amide bonds. The zero-order valence-corrected chi connectivity index (χ0v) is 18.8. The standard InChI is InChI=1S/C9H15NO2.C7H8N4.C2H6S.C2H6/c1-3-9(11)10-6-4-5-8(10)7-12-2;1-4-6-5(11-10-4)2-3-9-7(6)8;1-3-2;1-2/h3,8H,1,4-7H2,2H3;2-3H,1H3,(H2,8,9)(H,10,11);1-2H3;1-2H3. The molecule has 3 N–H and O–H groups in total. The Morgan fingerprint density at radius 3 is 2.68 bits per heavy atom. The fraction of sp³-hybridized carbons (Fsp3) is 0.550. The van der Waals surface area contributed by atoms with Crippen LogP contribution >= 0.6 is 11.8 Å². The lowest BCUT2D eigenvalue weighted by Crippen LogP contribution is -2.36. The number of carbonyl (C=O) groups is 1. The van der Waals surface area contributed by atoms with Crippen LogP contribution in [0.25, 0.3) is 10.9 Å². The zero-order valence-electron chi connectivity index (χ0n) is 18.0. The molecule has 158 valence electrons. The van der Waals surface area contributed by atoms with Gasteiger partial charge in [0, 0.05) is 25.5 Å². The summed E-state index contributed by atoms with van der Waals surface area (Å²) >= 11 is 1.75. The highest BCUT2D eigenvalue weighted by Gasteiger charge is 2.26. The number of aromatic nitrogens is 3. The second-order valence-corrected chi connectivity index (χ2v) is 6.65. The molecule has 2 aromatic heterocycles. The number of hydrogen-bond donors (Lipinski definition) is 2. The number of anilines is 1. The molecule has 2 aromatic rings. The number of aromatic amines is 1. The van der Waals surface area contributed by atoms with Crippen molar-refractivity contribution in [3.05, 3.63) is 30.6 Å². The molecule has 0 aliphatic carbocycles. The highest BCUT2D eigenvalue weighted by Crippen LogP contribution is 2.19. The summed E-state index contributed by atoms with van der Waals surface area (Å²) in [5, 5.41) is 7.81. The Morgan fingerprint density at radius 1 is 1.50 bits per heavy atom. The van der Waals surface area contributed by atoms with Crippen LogP contribution < -0.4 is 5.73 Å². The van der Waals surface area contributed by atoms with Gasteiger partial charge in [-0.05, 0) is 44.4 Å². The molecule has 1 aliphatic rings. The molecule has 0 aromatic carbocycles. The van der Waals surface area contributed by atoms with Crippen molar-refractivity contribution in [2.75, 3.05) is 38.5 Å². The van der Waals surface area contributed by atoms with Gasteiger partial charge in [-0.1, -0.05) is 20.4 Å². The van der Waals surface area contributed by atoms with Gasteiger partial charge in [-0.15, -0.1) is 0 Å². The van der Waals surface area contributed by atoms with E-state index < -0.39 is 0 Å². The van der Waals surface area contributed by atoms with Gasteiger partial charge in [-0.25, -0.2) is 4.98 Å². The van der Waals surface area contributed by atoms with Crippen LogP contribution in [-0.2, 0) is 9.53 Å². The molecule has 0 bridgehead atoms. The van der Waals surface area contributed by atoms with E-state index >= 15 is 0 Å². The third-order valence-corrected chi connectivity index (χ3v) is 3.87. The van der Waals surface area contributed by atoms with E-state index in [1.54, 1.807) is 25.1 Å². The molecule has 0 saturated carbocycles. The number of aryl methyl sites for hydroxylation is 1. The number of nitrogens with two attached hydrogens (primary N) is 1. The fourth-order valence-corrected chi connectivity index (χ4v) is 2.75. The monoisotopic (exact) mass is 409 g/mol. The minimum absolute atomic E-state index is 0.0227. The maximum atomic E-state index is 11.3. The van der Waals surface area contributed by atoms with Crippen LogP contribution in [0.15, 0.2) is 24.9 Å². The summed E-state index contributed by atoms with van der Waals surface area (Å²) in [6, 6.07) is 2.09. The second kappa shape index (κ2) is 14.9. The molecule has 3 rings (SSSR count). The number of nitrogen functional groups attached to an aromatic ring is 1. The van der Waals surface area contributed by atoms with Gasteiger partial charge in [0.25, 0.3) is 0 Å². The van der Waals surface area contributed by atoms with Crippen molar-refractivity contribution in [2.24, 2.45) is 0 Å². The van der Waals surface area contributed by atoms with Crippen molar-refractivity contribution >= 4 is 34.4 Å². The Balaban J connectivity index is 0.000000425. The third-order valence-electron chi connectivity index (χ3n) is 3.87. The van der Waals surface area contributed by atoms with Crippen LogP contribution in [0.2, 0.25) is 0 Å². The molecule has 3 heterocycles. The normalized spacial score (nSPS) is 14.8. The number of carbonyl (C=O) groups excluding carboxylic acids is 1. The van der Waals surface area contributed by atoms with E-state index in [0.717, 1.165) is 36.0 Å². The number of likely N-dealkylation sites (tertiary alicyclic amines) is 1. The summed E-state index contributed by atoms with van der Waals surface area (Å²) in [5.74, 6) is 0.559. The van der Waals surface area contributed by atoms with Gasteiger partial charge in [0.05, 0.1) is 23.6 Å². The van der Waals surface area contributed by atoms with E-state index in [0.29, 0.717) is 12.4 Å². The summed E-state index contributed by atoms with van der Waals surface area (Å²) in [5.41, 5.74) is 7.46. The number of methoxy groups -OCH3 is 1. The SMILES string of the molecule is C=CC(=O)N1CCCC1COC.CC.CSC.Cc1[nH]nc2ccnc(N)c12. The number of ether oxygens (including phenoxy) is 1. The largest absolute Gasteiger partial charge is 0.383 e. The van der Waals surface area contributed by atoms with Crippen molar-refractivity contribution in [2.45, 2.75) is 39.7 Å². The van der Waals surface area contributed by atoms with Gasteiger partial charge in [-0.3, -0.25) is 9.89 Å². The fourth-order valence-electron chi connectivity index (χ4n) is 2.75. The first-order valence-electron chi connectivity index (χ1n) is 9.37. The van der Waals surface area contributed by atoms with Crippen LogP contribution in [0.3, 0.4) is 0 Å². The van der Waals surface area contributed by atoms with E-state index in [1.165, 1.54) is 6.08 Å². The van der Waals surface area contributed by atoms with E-state index in [9.17, 15) is 4.79 Å². The first kappa shape index (κ1) is 25.9. The molecule has 7 nitrogen and oxygen atoms in total. The molecule has 1 saturated heterocycles. The zero-order chi connectivity index (χ0) is 21.5. The lowest BCUT2D eigenvalue weighted by molar-refractivity contribution is -0.127. The van der Waals surface area contributed by atoms with Crippen molar-refractivity contribution in [3.63, 3.8) is 0 Å². The van der Waals surface area contributed by atoms with Crippen LogP contribution in [0.4, 0.5) is 5.82 Å². The minimum Gasteiger partial charge on any atom is -0.383 e. The number of thioether (sulfide) groups is 1. The van der Waals surface area contributed by atoms with E-state index in [-0.39, 0.29) is 11.9 Å². The number of rotatable bonds is 3. The quantitative estimate of drug-likeness (QED) is 0.751. The lowest BCUT2D eigenvalue weighted by atomic mass is 10.2. The van der Waals surface area contributed by atoms with Crippen LogP contribution in [0, 0.1) is 6.92 Å². The number of nitrogens with zero attached hydrogens (tertiary/aromatic N) is 3. The molecule has 8 heteroatoms. The topological polar surface area (TPSA) is 97.1 Å². The molecule has 1 fully saturated rings. The molecule has 28 heavy (non-hydrogen) atoms. The molecular formula is C20H35N5O2S. The van der Waals surface area contributed by atoms with Gasteiger partial charge in [0.15, 0.2) is 0 Å². The van der Waals surface area contributed by atoms with Gasteiger partial charge in [0.2, 0.25) is 5.91 Å². The number of fused-ring (bicyclic) bond motifs is 1. The van der Waals surface area contributed by atoms with Gasteiger partial charge in [0.1, 0.15) is 5.82 Å². The molecule has 1 unspecified atom stereocenters. The number of hydrogen-bond acceptors (Lipinski definition) is 6. The third kappa shape index (κ3) is 7.90. The van der Waals surface area contributed by atoms with Crippen LogP contribution in [0.1, 0.15) is 32.4 Å². The Hall–Kier alpha value is -2.06. The van der Waals surface area contributed by atoms with Crippen LogP contribution in [0.5, 0.6) is 0 Å². The van der Waals surface area contributed by atoms with E-state index in [4.69, 9.17) is 10.5 Å². The van der Waals surface area contributed by atoms with Crippen molar-refractivity contribution in [1.82, 2.24) is 20.1 Å². The Kier molecular flexibility index (Phi) is 13.8. The summed E-state index contributed by atoms with van der Waals surface area (Å²) in [4.78, 5) is 17.0. The van der Waals surface area contributed by atoms with E-state index in [2.05, 4.69) is 21.8 Å². The Bertz CT molecular complexity index is 705. The lowest BCUT2D eigenvalue weighted by Gasteiger charge is -2.22. The van der Waals surface area contributed by atoms with Gasteiger partial charge < -0.3 is 15.4 Å². The molecule has 0 radical (unpaired) electrons. The first-order valence-corrected chi connectivity index (χ1v) is 11.0. The highest BCUT2D eigenvalue weighted by atomic mass is 32.2. The molecule has 1 atom stereocenters. The predicted molar refractivity (Wildman–Crippen MR) is 121 cm³/mol. The highest BCUT2D eigenvalue weighted by molar-refractivity contribution is 7.97. The summed E-state index contributed by atoms with van der Waals surface area (Å²) in [7, 11) is 1.66. The summed E-state index contributed by atoms with van der Waals surface area (Å²) in [6.45, 7) is 10.9. The predicted octanol–water partition coefficient (Wildman–Crippen LogP) is 3.66. The van der Waals surface area contributed by atoms with Crippen molar-refractivity contribution in [3.8, 4) is 0 Å². The summed E-state index contributed by atoms with van der Waals surface area (Å²) in [6.07, 6.45) is 9.23. The average molecular weight is 410 g/mol. The molecule has 1 aliphatic heterocycles. The smallest absolute Gasteiger partial charge is 0.246 e. The van der Waals surface area contributed by atoms with E-state index in [1.807, 2.05) is 44.2 Å². The first-order chi connectivity index (χ1) is 13.5. The molecule has 0 spiro atoms. The van der Waals surface area contributed by atoms with Gasteiger partial charge in [-0.2, -0.15) is 16.9 Å². The maximum Gasteiger partial charge on any atom is 0.246 e. The Labute approximate surface area is 173 Å². The maximum absolute atomic E-state index is 11.3. The average Bonchev–Trinajstić information content (AvgIpc) is 3.32. The number of H-pyrrole nitrogens is 1.